The van der Waals surface area contributed by atoms with Gasteiger partial charge in [-0.2, -0.15) is 0 Å². The summed E-state index contributed by atoms with van der Waals surface area (Å²) in [6, 6.07) is 1.66. The molecule has 1 N–H and O–H groups in total. The molecule has 0 aliphatic carbocycles. The number of hydrogen-bond donors (Lipinski definition) is 1. The average Bonchev–Trinajstić information content (AvgIpc) is 2.72. The lowest BCUT2D eigenvalue weighted by Crippen LogP contribution is -2.02. The topological polar surface area (TPSA) is 58.9 Å². The van der Waals surface area contributed by atoms with Gasteiger partial charge in [-0.3, -0.25) is 4.79 Å². The van der Waals surface area contributed by atoms with E-state index < -0.39 is 0 Å². The second-order valence-corrected chi connectivity index (χ2v) is 3.22. The molecule has 5 heteroatoms. The number of nitrogens with one attached hydrogen (secondary N) is 1. The number of aromatic nitrogens is 2. The van der Waals surface area contributed by atoms with Crippen LogP contribution in [-0.2, 0) is 0 Å². The monoisotopic (exact) mass is 240 g/mol. The van der Waals surface area contributed by atoms with E-state index in [1.165, 1.54) is 12.5 Å². The van der Waals surface area contributed by atoms with E-state index >= 15 is 0 Å². The fourth-order valence-corrected chi connectivity index (χ4v) is 1.33. The lowest BCUT2D eigenvalue weighted by atomic mass is 10.3. The highest BCUT2D eigenvalue weighted by atomic mass is 79.9. The first-order valence-corrected chi connectivity index (χ1v) is 4.35. The summed E-state index contributed by atoms with van der Waals surface area (Å²) in [5.74, 6) is 0.271. The zero-order valence-corrected chi connectivity index (χ0v) is 8.04. The number of hydrogen-bond acceptors (Lipinski definition) is 3. The summed E-state index contributed by atoms with van der Waals surface area (Å²) in [5.41, 5.74) is 0. The van der Waals surface area contributed by atoms with Gasteiger partial charge in [-0.25, -0.2) is 4.98 Å². The smallest absolute Gasteiger partial charge is 0.264 e. The number of furan rings is 1. The molecule has 66 valence electrons. The Morgan fingerprint density at radius 2 is 2.46 bits per heavy atom. The van der Waals surface area contributed by atoms with Gasteiger partial charge in [-0.05, 0) is 22.0 Å². The van der Waals surface area contributed by atoms with Gasteiger partial charge in [0.05, 0.1) is 10.7 Å². The molecule has 13 heavy (non-hydrogen) atoms. The Balaban J connectivity index is 2.39. The Kier molecular flexibility index (Phi) is 2.02. The molecule has 0 bridgehead atoms. The van der Waals surface area contributed by atoms with Gasteiger partial charge in [0.15, 0.2) is 11.6 Å². The van der Waals surface area contributed by atoms with Crippen LogP contribution in [0.25, 0.3) is 0 Å². The van der Waals surface area contributed by atoms with E-state index in [1.807, 2.05) is 0 Å². The molecule has 0 aliphatic heterocycles. The lowest BCUT2D eigenvalue weighted by Gasteiger charge is -1.91. The van der Waals surface area contributed by atoms with E-state index in [4.69, 9.17) is 4.42 Å². The first-order chi connectivity index (χ1) is 6.29. The van der Waals surface area contributed by atoms with Crippen molar-refractivity contribution in [2.75, 3.05) is 0 Å². The second kappa shape index (κ2) is 3.18. The predicted molar refractivity (Wildman–Crippen MR) is 48.4 cm³/mol. The molecule has 0 unspecified atom stereocenters. The van der Waals surface area contributed by atoms with E-state index in [1.54, 1.807) is 12.3 Å². The molecule has 0 saturated carbocycles. The molecular formula is C8H5BrN2O2. The molecule has 2 heterocycles. The Labute approximate surface area is 82.1 Å². The fourth-order valence-electron chi connectivity index (χ4n) is 0.953. The summed E-state index contributed by atoms with van der Waals surface area (Å²) in [5, 5.41) is 0. The van der Waals surface area contributed by atoms with Crippen molar-refractivity contribution in [3.05, 3.63) is 40.8 Å². The van der Waals surface area contributed by atoms with Crippen molar-refractivity contribution in [3.8, 4) is 0 Å². The van der Waals surface area contributed by atoms with Crippen LogP contribution in [0, 0.1) is 0 Å². The van der Waals surface area contributed by atoms with E-state index in [0.717, 1.165) is 0 Å². The van der Waals surface area contributed by atoms with Crippen molar-refractivity contribution in [1.29, 1.82) is 0 Å². The lowest BCUT2D eigenvalue weighted by molar-refractivity contribution is 0.0999. The number of aromatic amines is 1. The Hall–Kier alpha value is -1.36. The third-order valence-corrected chi connectivity index (χ3v) is 2.16. The van der Waals surface area contributed by atoms with Gasteiger partial charge in [-0.15, -0.1) is 0 Å². The minimum Gasteiger partial charge on any atom is -0.459 e. The van der Waals surface area contributed by atoms with Gasteiger partial charge < -0.3 is 9.40 Å². The van der Waals surface area contributed by atoms with Crippen molar-refractivity contribution in [3.63, 3.8) is 0 Å². The Bertz CT molecular complexity index is 419. The van der Waals surface area contributed by atoms with Gasteiger partial charge in [0, 0.05) is 12.4 Å². The van der Waals surface area contributed by atoms with Crippen LogP contribution >= 0.6 is 15.9 Å². The molecule has 0 atom stereocenters. The standard InChI is InChI=1S/C8H5BrN2O2/c9-5-1-4-13-7(5)6(12)8-10-2-3-11-8/h1-4H,(H,10,11). The summed E-state index contributed by atoms with van der Waals surface area (Å²) in [6.45, 7) is 0. The van der Waals surface area contributed by atoms with Crippen LogP contribution < -0.4 is 0 Å². The molecule has 0 saturated heterocycles. The van der Waals surface area contributed by atoms with Crippen LogP contribution in [0.4, 0.5) is 0 Å². The normalized spacial score (nSPS) is 10.2. The zero-order chi connectivity index (χ0) is 9.26. The second-order valence-electron chi connectivity index (χ2n) is 2.36. The number of imidazole rings is 1. The van der Waals surface area contributed by atoms with E-state index in [0.29, 0.717) is 4.47 Å². The highest BCUT2D eigenvalue weighted by Crippen LogP contribution is 2.19. The molecular weight excluding hydrogens is 236 g/mol. The number of ketones is 1. The molecule has 0 radical (unpaired) electrons. The van der Waals surface area contributed by atoms with E-state index in [-0.39, 0.29) is 17.4 Å². The van der Waals surface area contributed by atoms with Crippen molar-refractivity contribution in [1.82, 2.24) is 9.97 Å². The highest BCUT2D eigenvalue weighted by Gasteiger charge is 2.17. The van der Waals surface area contributed by atoms with Crippen LogP contribution in [0.1, 0.15) is 16.4 Å². The third-order valence-electron chi connectivity index (χ3n) is 1.54. The molecule has 0 fully saturated rings. The maximum Gasteiger partial charge on any atom is 0.264 e. The predicted octanol–water partition coefficient (Wildman–Crippen LogP) is 2.00. The maximum atomic E-state index is 11.6. The highest BCUT2D eigenvalue weighted by molar-refractivity contribution is 9.10. The number of H-pyrrole nitrogens is 1. The molecule has 2 aromatic rings. The van der Waals surface area contributed by atoms with Crippen molar-refractivity contribution in [2.45, 2.75) is 0 Å². The van der Waals surface area contributed by atoms with Gasteiger partial charge in [0.25, 0.3) is 5.78 Å². The largest absolute Gasteiger partial charge is 0.459 e. The summed E-state index contributed by atoms with van der Waals surface area (Å²) >= 11 is 3.20. The molecule has 0 aliphatic rings. The van der Waals surface area contributed by atoms with Crippen LogP contribution in [0.15, 0.2) is 33.6 Å². The summed E-state index contributed by atoms with van der Waals surface area (Å²) < 4.78 is 5.63. The fraction of sp³-hybridized carbons (Fsp3) is 0. The number of rotatable bonds is 2. The third kappa shape index (κ3) is 1.42. The van der Waals surface area contributed by atoms with Gasteiger partial charge in [0.2, 0.25) is 0 Å². The minimum atomic E-state index is -0.262. The summed E-state index contributed by atoms with van der Waals surface area (Å²) in [6.07, 6.45) is 4.55. The van der Waals surface area contributed by atoms with Gasteiger partial charge in [-0.1, -0.05) is 0 Å². The van der Waals surface area contributed by atoms with E-state index in [9.17, 15) is 4.79 Å². The van der Waals surface area contributed by atoms with Crippen LogP contribution in [-0.4, -0.2) is 15.8 Å². The molecule has 0 amide bonds. The zero-order valence-electron chi connectivity index (χ0n) is 6.45. The maximum absolute atomic E-state index is 11.6. The van der Waals surface area contributed by atoms with Gasteiger partial charge >= 0.3 is 0 Å². The average molecular weight is 241 g/mol. The number of nitrogens with zero attached hydrogens (tertiary/aromatic N) is 1. The number of halogens is 1. The number of carbonyl (C=O) groups is 1. The molecule has 2 rings (SSSR count). The number of carbonyl (C=O) groups excluding carboxylic acids is 1. The van der Waals surface area contributed by atoms with Crippen LogP contribution in [0.3, 0.4) is 0 Å². The van der Waals surface area contributed by atoms with Gasteiger partial charge in [0.1, 0.15) is 0 Å². The van der Waals surface area contributed by atoms with Crippen molar-refractivity contribution >= 4 is 21.7 Å². The Morgan fingerprint density at radius 3 is 3.00 bits per heavy atom. The van der Waals surface area contributed by atoms with Crippen molar-refractivity contribution in [2.24, 2.45) is 0 Å². The first-order valence-electron chi connectivity index (χ1n) is 3.56. The molecule has 0 aromatic carbocycles. The van der Waals surface area contributed by atoms with Crippen LogP contribution in [0.2, 0.25) is 0 Å². The van der Waals surface area contributed by atoms with Crippen LogP contribution in [0.5, 0.6) is 0 Å². The summed E-state index contributed by atoms with van der Waals surface area (Å²) in [4.78, 5) is 18.1. The quantitative estimate of drug-likeness (QED) is 0.818. The Morgan fingerprint density at radius 1 is 1.62 bits per heavy atom. The molecule has 2 aromatic heterocycles. The van der Waals surface area contributed by atoms with Crippen molar-refractivity contribution < 1.29 is 9.21 Å². The SMILES string of the molecule is O=C(c1ncc[nH]1)c1occc1Br. The molecule has 4 nitrogen and oxygen atoms in total. The van der Waals surface area contributed by atoms with E-state index in [2.05, 4.69) is 25.9 Å². The first kappa shape index (κ1) is 8.25. The molecule has 0 spiro atoms. The minimum absolute atomic E-state index is 0.259. The summed E-state index contributed by atoms with van der Waals surface area (Å²) in [7, 11) is 0.